The number of rotatable bonds is 15. The van der Waals surface area contributed by atoms with Gasteiger partial charge in [-0.1, -0.05) is 37.7 Å². The van der Waals surface area contributed by atoms with Crippen LogP contribution in [0.5, 0.6) is 0 Å². The van der Waals surface area contributed by atoms with Crippen molar-refractivity contribution in [1.29, 1.82) is 0 Å². The molecule has 0 saturated carbocycles. The van der Waals surface area contributed by atoms with Gasteiger partial charge in [0.25, 0.3) is 0 Å². The van der Waals surface area contributed by atoms with E-state index in [0.29, 0.717) is 51.1 Å². The van der Waals surface area contributed by atoms with Gasteiger partial charge in [-0.05, 0) is 13.0 Å². The number of terminal acetylenes is 1. The van der Waals surface area contributed by atoms with Crippen LogP contribution in [-0.2, 0) is 23.3 Å². The highest BCUT2D eigenvalue weighted by atomic mass is 31.2. The Kier molecular flexibility index (Phi) is 14.6. The van der Waals surface area contributed by atoms with Crippen LogP contribution in [0.2, 0.25) is 0 Å². The summed E-state index contributed by atoms with van der Waals surface area (Å²) in [6.07, 6.45) is 12.4. The van der Waals surface area contributed by atoms with Gasteiger partial charge in [0.1, 0.15) is 6.61 Å². The fourth-order valence-electron chi connectivity index (χ4n) is 1.74. The lowest BCUT2D eigenvalue weighted by Gasteiger charge is -2.18. The highest BCUT2D eigenvalue weighted by Crippen LogP contribution is 2.55. The van der Waals surface area contributed by atoms with Gasteiger partial charge in [0, 0.05) is 11.5 Å². The predicted molar refractivity (Wildman–Crippen MR) is 98.5 cm³/mol. The van der Waals surface area contributed by atoms with Crippen molar-refractivity contribution in [2.75, 3.05) is 52.4 Å². The Bertz CT molecular complexity index is 476. The van der Waals surface area contributed by atoms with Gasteiger partial charge in [0.05, 0.1) is 39.6 Å². The van der Waals surface area contributed by atoms with Crippen LogP contribution in [0.15, 0.2) is 36.2 Å². The summed E-state index contributed by atoms with van der Waals surface area (Å²) in [4.78, 5) is 0. The lowest BCUT2D eigenvalue weighted by atomic mass is 10.4. The maximum absolute atomic E-state index is 12.8. The summed E-state index contributed by atoms with van der Waals surface area (Å²) in [5.41, 5.74) is 0. The van der Waals surface area contributed by atoms with Crippen molar-refractivity contribution >= 4 is 7.37 Å². The summed E-state index contributed by atoms with van der Waals surface area (Å²) in [6, 6.07) is 0. The van der Waals surface area contributed by atoms with E-state index in [9.17, 15) is 4.57 Å². The molecule has 1 unspecified atom stereocenters. The molecule has 5 nitrogen and oxygen atoms in total. The molecule has 0 fully saturated rings. The Morgan fingerprint density at radius 2 is 1.71 bits per heavy atom. The summed E-state index contributed by atoms with van der Waals surface area (Å²) in [5, 5.41) is 0.665. The third-order valence-electron chi connectivity index (χ3n) is 2.89. The molecule has 0 aliphatic heterocycles. The van der Waals surface area contributed by atoms with Crippen molar-refractivity contribution in [3.63, 3.8) is 0 Å². The van der Waals surface area contributed by atoms with Gasteiger partial charge in [-0.3, -0.25) is 4.57 Å². The molecule has 0 amide bonds. The monoisotopic (exact) mass is 356 g/mol. The molecule has 0 aromatic heterocycles. The van der Waals surface area contributed by atoms with Crippen molar-refractivity contribution in [2.24, 2.45) is 0 Å². The summed E-state index contributed by atoms with van der Waals surface area (Å²) in [5.74, 6) is 2.38. The van der Waals surface area contributed by atoms with Gasteiger partial charge in [-0.15, -0.1) is 6.42 Å². The Balaban J connectivity index is 3.92. The molecule has 0 aromatic rings. The zero-order valence-corrected chi connectivity index (χ0v) is 15.6. The lowest BCUT2D eigenvalue weighted by molar-refractivity contribution is 0.0144. The van der Waals surface area contributed by atoms with E-state index in [0.717, 1.165) is 0 Å². The Labute approximate surface area is 146 Å². The van der Waals surface area contributed by atoms with E-state index in [4.69, 9.17) is 25.2 Å². The van der Waals surface area contributed by atoms with E-state index in [-0.39, 0.29) is 6.61 Å². The fraction of sp³-hybridized carbons (Fsp3) is 0.556. The van der Waals surface area contributed by atoms with E-state index in [1.807, 2.05) is 19.9 Å². The van der Waals surface area contributed by atoms with Crippen LogP contribution in [0.4, 0.5) is 0 Å². The third kappa shape index (κ3) is 10.6. The summed E-state index contributed by atoms with van der Waals surface area (Å²) in [6.45, 7) is 10.1. The fourth-order valence-corrected chi connectivity index (χ4v) is 3.51. The average molecular weight is 356 g/mol. The molecular weight excluding hydrogens is 327 g/mol. The molecular formula is C18H29O5P. The molecule has 0 aliphatic rings. The summed E-state index contributed by atoms with van der Waals surface area (Å²) in [7, 11) is -2.86. The van der Waals surface area contributed by atoms with E-state index in [2.05, 4.69) is 12.5 Å². The normalized spacial score (nSPS) is 14.5. The molecule has 6 heteroatoms. The minimum atomic E-state index is -2.86. The molecule has 0 saturated heterocycles. The molecule has 136 valence electrons. The van der Waals surface area contributed by atoms with Crippen LogP contribution in [0.3, 0.4) is 0 Å². The Hall–Kier alpha value is -1.15. The molecule has 0 spiro atoms. The molecule has 0 N–H and O–H groups in total. The zero-order chi connectivity index (χ0) is 18.1. The highest BCUT2D eigenvalue weighted by Gasteiger charge is 2.24. The van der Waals surface area contributed by atoms with Crippen LogP contribution in [-0.4, -0.2) is 52.4 Å². The second-order valence-electron chi connectivity index (χ2n) is 4.63. The first-order valence-corrected chi connectivity index (χ1v) is 9.81. The van der Waals surface area contributed by atoms with E-state index >= 15 is 0 Å². The first kappa shape index (κ1) is 22.9. The molecule has 0 radical (unpaired) electrons. The van der Waals surface area contributed by atoms with Crippen LogP contribution in [0.1, 0.15) is 13.8 Å². The molecule has 0 aliphatic carbocycles. The van der Waals surface area contributed by atoms with Gasteiger partial charge in [-0.2, -0.15) is 0 Å². The molecule has 1 atom stereocenters. The number of allylic oxidation sites excluding steroid dienone is 5. The standard InChI is InChI=1S/C18H29O5P/c1-5-9-18(10-6-2)24(19,8-4)23-17-16-22-15-14-21-13-12-20-11-7-3/h3,5-6,9-10H,1,8,11-17H2,2,4H3/b10-6-,18-9+. The first-order chi connectivity index (χ1) is 11.6. The van der Waals surface area contributed by atoms with E-state index in [1.54, 1.807) is 18.2 Å². The van der Waals surface area contributed by atoms with Gasteiger partial charge >= 0.3 is 0 Å². The number of ether oxygens (including phenoxy) is 3. The minimum Gasteiger partial charge on any atom is -0.377 e. The van der Waals surface area contributed by atoms with E-state index < -0.39 is 7.37 Å². The third-order valence-corrected chi connectivity index (χ3v) is 5.41. The van der Waals surface area contributed by atoms with Gasteiger partial charge in [0.2, 0.25) is 7.37 Å². The van der Waals surface area contributed by atoms with E-state index in [1.165, 1.54) is 0 Å². The van der Waals surface area contributed by atoms with Crippen molar-refractivity contribution in [3.8, 4) is 12.3 Å². The molecule has 0 aromatic carbocycles. The Morgan fingerprint density at radius 3 is 2.21 bits per heavy atom. The Morgan fingerprint density at radius 1 is 1.12 bits per heavy atom. The van der Waals surface area contributed by atoms with Crippen molar-refractivity contribution in [3.05, 3.63) is 36.2 Å². The van der Waals surface area contributed by atoms with Crippen LogP contribution in [0, 0.1) is 12.3 Å². The highest BCUT2D eigenvalue weighted by molar-refractivity contribution is 7.63. The zero-order valence-electron chi connectivity index (χ0n) is 14.7. The van der Waals surface area contributed by atoms with Crippen LogP contribution >= 0.6 is 7.37 Å². The maximum atomic E-state index is 12.8. The molecule has 0 rings (SSSR count). The summed E-state index contributed by atoms with van der Waals surface area (Å²) >= 11 is 0. The average Bonchev–Trinajstić information content (AvgIpc) is 2.59. The quantitative estimate of drug-likeness (QED) is 0.194. The van der Waals surface area contributed by atoms with Gasteiger partial charge in [0.15, 0.2) is 0 Å². The summed E-state index contributed by atoms with van der Waals surface area (Å²) < 4.78 is 34.2. The second kappa shape index (κ2) is 15.4. The molecule has 0 heterocycles. The second-order valence-corrected chi connectivity index (χ2v) is 7.39. The van der Waals surface area contributed by atoms with Crippen molar-refractivity contribution < 1.29 is 23.3 Å². The maximum Gasteiger partial charge on any atom is 0.231 e. The van der Waals surface area contributed by atoms with Gasteiger partial charge in [-0.25, -0.2) is 0 Å². The number of hydrogen-bond acceptors (Lipinski definition) is 5. The van der Waals surface area contributed by atoms with Gasteiger partial charge < -0.3 is 18.7 Å². The molecule has 0 bridgehead atoms. The first-order valence-electron chi connectivity index (χ1n) is 8.00. The predicted octanol–water partition coefficient (Wildman–Crippen LogP) is 3.63. The van der Waals surface area contributed by atoms with Crippen molar-refractivity contribution in [2.45, 2.75) is 13.8 Å². The molecule has 24 heavy (non-hydrogen) atoms. The smallest absolute Gasteiger partial charge is 0.231 e. The van der Waals surface area contributed by atoms with Crippen LogP contribution < -0.4 is 0 Å². The topological polar surface area (TPSA) is 54.0 Å². The lowest BCUT2D eigenvalue weighted by Crippen LogP contribution is -2.12. The van der Waals surface area contributed by atoms with Crippen LogP contribution in [0.25, 0.3) is 0 Å². The SMILES string of the molecule is C#CCOCCOCCOCCOP(=O)(CC)C(/C=C\C)=C/C=C. The largest absolute Gasteiger partial charge is 0.377 e. The van der Waals surface area contributed by atoms with Crippen molar-refractivity contribution in [1.82, 2.24) is 0 Å². The number of hydrogen-bond donors (Lipinski definition) is 0. The minimum absolute atomic E-state index is 0.266.